The van der Waals surface area contributed by atoms with E-state index in [1.807, 2.05) is 54.6 Å². The fourth-order valence-electron chi connectivity index (χ4n) is 2.70. The highest BCUT2D eigenvalue weighted by Crippen LogP contribution is 2.32. The van der Waals surface area contributed by atoms with E-state index < -0.39 is 6.23 Å². The van der Waals surface area contributed by atoms with Crippen molar-refractivity contribution in [1.29, 1.82) is 0 Å². The van der Waals surface area contributed by atoms with Crippen LogP contribution in [-0.2, 0) is 0 Å². The molecule has 5 nitrogen and oxygen atoms in total. The third-order valence-electron chi connectivity index (χ3n) is 3.90. The Labute approximate surface area is 145 Å². The number of carbonyl (C=O) groups is 1. The van der Waals surface area contributed by atoms with Gasteiger partial charge in [-0.3, -0.25) is 4.79 Å². The molecule has 1 amide bonds. The van der Waals surface area contributed by atoms with Crippen LogP contribution in [0.5, 0.6) is 17.2 Å². The van der Waals surface area contributed by atoms with Crippen molar-refractivity contribution >= 4 is 11.6 Å². The average Bonchev–Trinajstić information content (AvgIpc) is 2.63. The number of para-hydroxylation sites is 1. The summed E-state index contributed by atoms with van der Waals surface area (Å²) < 4.78 is 11.7. The lowest BCUT2D eigenvalue weighted by Gasteiger charge is -2.27. The van der Waals surface area contributed by atoms with Gasteiger partial charge in [0.25, 0.3) is 5.91 Å². The Balaban J connectivity index is 1.59. The molecule has 0 spiro atoms. The standard InChI is InChI=1S/C20H16N2O3/c21-14-9-10-18-17(12-14)19(23)22-20(25-18)13-5-4-8-16(11-13)24-15-6-2-1-3-7-15/h1-12,20H,21H2,(H,22,23). The van der Waals surface area contributed by atoms with Gasteiger partial charge >= 0.3 is 0 Å². The quantitative estimate of drug-likeness (QED) is 0.714. The van der Waals surface area contributed by atoms with Crippen LogP contribution >= 0.6 is 0 Å². The largest absolute Gasteiger partial charge is 0.466 e. The van der Waals surface area contributed by atoms with Gasteiger partial charge in [0.2, 0.25) is 0 Å². The van der Waals surface area contributed by atoms with Crippen molar-refractivity contribution in [2.45, 2.75) is 6.23 Å². The Morgan fingerprint density at radius 2 is 1.72 bits per heavy atom. The average molecular weight is 332 g/mol. The van der Waals surface area contributed by atoms with Crippen molar-refractivity contribution < 1.29 is 14.3 Å². The van der Waals surface area contributed by atoms with Crippen molar-refractivity contribution in [2.75, 3.05) is 5.73 Å². The minimum absolute atomic E-state index is 0.215. The Kier molecular flexibility index (Phi) is 3.74. The zero-order valence-corrected chi connectivity index (χ0v) is 13.3. The van der Waals surface area contributed by atoms with Gasteiger partial charge in [-0.25, -0.2) is 0 Å². The summed E-state index contributed by atoms with van der Waals surface area (Å²) >= 11 is 0. The molecule has 0 aromatic heterocycles. The predicted molar refractivity (Wildman–Crippen MR) is 94.6 cm³/mol. The van der Waals surface area contributed by atoms with Crippen molar-refractivity contribution in [3.05, 3.63) is 83.9 Å². The summed E-state index contributed by atoms with van der Waals surface area (Å²) in [6.45, 7) is 0. The SMILES string of the molecule is Nc1ccc2c(c1)C(=O)NC(c1cccc(Oc3ccccc3)c1)O2. The summed E-state index contributed by atoms with van der Waals surface area (Å²) in [5, 5.41) is 2.83. The number of rotatable bonds is 3. The second kappa shape index (κ2) is 6.20. The molecule has 0 saturated heterocycles. The number of carbonyl (C=O) groups excluding carboxylic acids is 1. The van der Waals surface area contributed by atoms with E-state index in [-0.39, 0.29) is 5.91 Å². The minimum Gasteiger partial charge on any atom is -0.466 e. The van der Waals surface area contributed by atoms with Crippen molar-refractivity contribution in [1.82, 2.24) is 5.32 Å². The first-order valence-corrected chi connectivity index (χ1v) is 7.89. The van der Waals surface area contributed by atoms with Crippen LogP contribution in [0.2, 0.25) is 0 Å². The van der Waals surface area contributed by atoms with Crippen LogP contribution in [0.1, 0.15) is 22.1 Å². The van der Waals surface area contributed by atoms with Gasteiger partial charge in [-0.2, -0.15) is 0 Å². The van der Waals surface area contributed by atoms with Crippen LogP contribution in [0.25, 0.3) is 0 Å². The van der Waals surface area contributed by atoms with Crippen LogP contribution in [0.3, 0.4) is 0 Å². The lowest BCUT2D eigenvalue weighted by Crippen LogP contribution is -2.36. The summed E-state index contributed by atoms with van der Waals surface area (Å²) in [6.07, 6.45) is -0.581. The van der Waals surface area contributed by atoms with Gasteiger partial charge in [0.1, 0.15) is 17.2 Å². The number of anilines is 1. The number of nitrogens with two attached hydrogens (primary N) is 1. The Hall–Kier alpha value is -3.47. The van der Waals surface area contributed by atoms with Crippen molar-refractivity contribution in [2.24, 2.45) is 0 Å². The van der Waals surface area contributed by atoms with Crippen LogP contribution in [0.15, 0.2) is 72.8 Å². The first-order chi connectivity index (χ1) is 12.2. The molecule has 0 fully saturated rings. The highest BCUT2D eigenvalue weighted by Gasteiger charge is 2.27. The molecule has 1 unspecified atom stereocenters. The van der Waals surface area contributed by atoms with E-state index in [0.29, 0.717) is 22.7 Å². The fourth-order valence-corrected chi connectivity index (χ4v) is 2.70. The van der Waals surface area contributed by atoms with Gasteiger partial charge in [-0.15, -0.1) is 0 Å². The molecule has 1 heterocycles. The third-order valence-corrected chi connectivity index (χ3v) is 3.90. The van der Waals surface area contributed by atoms with E-state index in [9.17, 15) is 4.79 Å². The zero-order valence-electron chi connectivity index (χ0n) is 13.3. The van der Waals surface area contributed by atoms with E-state index >= 15 is 0 Å². The molecule has 0 saturated carbocycles. The summed E-state index contributed by atoms with van der Waals surface area (Å²) in [6, 6.07) is 22.0. The second-order valence-corrected chi connectivity index (χ2v) is 5.71. The minimum atomic E-state index is -0.581. The predicted octanol–water partition coefficient (Wildman–Crippen LogP) is 3.88. The van der Waals surface area contributed by atoms with E-state index in [4.69, 9.17) is 15.2 Å². The Morgan fingerprint density at radius 3 is 2.56 bits per heavy atom. The van der Waals surface area contributed by atoms with E-state index in [0.717, 1.165) is 11.3 Å². The molecule has 3 aromatic carbocycles. The van der Waals surface area contributed by atoms with Gasteiger partial charge < -0.3 is 20.5 Å². The van der Waals surface area contributed by atoms with Crippen LogP contribution < -0.4 is 20.5 Å². The highest BCUT2D eigenvalue weighted by molar-refractivity contribution is 5.98. The molecule has 0 bridgehead atoms. The molecule has 3 N–H and O–H groups in total. The number of ether oxygens (including phenoxy) is 2. The van der Waals surface area contributed by atoms with Gasteiger partial charge in [-0.05, 0) is 42.5 Å². The fraction of sp³-hybridized carbons (Fsp3) is 0.0500. The molecule has 3 aromatic rings. The molecule has 1 atom stereocenters. The first-order valence-electron chi connectivity index (χ1n) is 7.89. The van der Waals surface area contributed by atoms with Gasteiger partial charge in [0.05, 0.1) is 5.56 Å². The molecule has 0 aliphatic carbocycles. The maximum Gasteiger partial charge on any atom is 0.258 e. The lowest BCUT2D eigenvalue weighted by molar-refractivity contribution is 0.0756. The number of fused-ring (bicyclic) bond motifs is 1. The molecule has 124 valence electrons. The molecule has 1 aliphatic heterocycles. The summed E-state index contributed by atoms with van der Waals surface area (Å²) in [7, 11) is 0. The Morgan fingerprint density at radius 1 is 0.920 bits per heavy atom. The maximum atomic E-state index is 12.3. The number of nitrogens with one attached hydrogen (secondary N) is 1. The molecule has 5 heteroatoms. The smallest absolute Gasteiger partial charge is 0.258 e. The number of amides is 1. The Bertz CT molecular complexity index is 925. The van der Waals surface area contributed by atoms with Crippen LogP contribution in [0, 0.1) is 0 Å². The van der Waals surface area contributed by atoms with Crippen molar-refractivity contribution in [3.63, 3.8) is 0 Å². The molecule has 1 aliphatic rings. The molecule has 0 radical (unpaired) electrons. The third kappa shape index (κ3) is 3.12. The zero-order chi connectivity index (χ0) is 17.2. The first kappa shape index (κ1) is 15.1. The lowest BCUT2D eigenvalue weighted by atomic mass is 10.1. The monoisotopic (exact) mass is 332 g/mol. The topological polar surface area (TPSA) is 73.6 Å². The number of nitrogen functional groups attached to an aromatic ring is 1. The summed E-state index contributed by atoms with van der Waals surface area (Å²) in [5.41, 5.74) is 7.49. The molecular formula is C20H16N2O3. The van der Waals surface area contributed by atoms with Gasteiger partial charge in [-0.1, -0.05) is 30.3 Å². The van der Waals surface area contributed by atoms with Crippen LogP contribution in [-0.4, -0.2) is 5.91 Å². The number of hydrogen-bond donors (Lipinski definition) is 2. The number of hydrogen-bond acceptors (Lipinski definition) is 4. The summed E-state index contributed by atoms with van der Waals surface area (Å²) in [5.74, 6) is 1.71. The maximum absolute atomic E-state index is 12.3. The van der Waals surface area contributed by atoms with Gasteiger partial charge in [0.15, 0.2) is 6.23 Å². The summed E-state index contributed by atoms with van der Waals surface area (Å²) in [4.78, 5) is 12.3. The second-order valence-electron chi connectivity index (χ2n) is 5.71. The van der Waals surface area contributed by atoms with E-state index in [1.165, 1.54) is 0 Å². The molecular weight excluding hydrogens is 316 g/mol. The molecule has 4 rings (SSSR count). The van der Waals surface area contributed by atoms with Crippen molar-refractivity contribution in [3.8, 4) is 17.2 Å². The van der Waals surface area contributed by atoms with Gasteiger partial charge in [0, 0.05) is 11.3 Å². The normalized spacial score (nSPS) is 15.7. The highest BCUT2D eigenvalue weighted by atomic mass is 16.5. The van der Waals surface area contributed by atoms with E-state index in [2.05, 4.69) is 5.32 Å². The molecule has 25 heavy (non-hydrogen) atoms. The number of benzene rings is 3. The van der Waals surface area contributed by atoms with Crippen LogP contribution in [0.4, 0.5) is 5.69 Å². The van der Waals surface area contributed by atoms with E-state index in [1.54, 1.807) is 18.2 Å².